The summed E-state index contributed by atoms with van der Waals surface area (Å²) in [7, 11) is 0. The number of aliphatic hydroxyl groups excluding tert-OH is 2. The maximum absolute atomic E-state index is 9.35. The smallest absolute Gasteiger partial charge is 0.142 e. The number of hydrogen-bond donors (Lipinski definition) is 2. The Labute approximate surface area is 178 Å². The zero-order valence-electron chi connectivity index (χ0n) is 17.9. The topological polar surface area (TPSA) is 77.4 Å². The summed E-state index contributed by atoms with van der Waals surface area (Å²) in [5, 5.41) is 18.7. The number of ether oxygens (including phenoxy) is 2. The molecule has 2 N–H and O–H groups in total. The zero-order chi connectivity index (χ0) is 20.2. The Kier molecular flexibility index (Phi) is 3.98. The van der Waals surface area contributed by atoms with Crippen LogP contribution in [-0.2, 0) is 19.2 Å². The van der Waals surface area contributed by atoms with E-state index < -0.39 is 0 Å². The average Bonchev–Trinajstić information content (AvgIpc) is 2.69. The van der Waals surface area contributed by atoms with Gasteiger partial charge in [0.25, 0.3) is 0 Å². The Morgan fingerprint density at radius 2 is 0.967 bits per heavy atom. The molecule has 9 fully saturated rings. The maximum Gasteiger partial charge on any atom is 0.142 e. The first-order chi connectivity index (χ1) is 14.6. The molecule has 8 aliphatic carbocycles. The van der Waals surface area contributed by atoms with E-state index in [2.05, 4.69) is 0 Å². The van der Waals surface area contributed by atoms with Gasteiger partial charge in [0.15, 0.2) is 0 Å². The molecule has 6 nitrogen and oxygen atoms in total. The van der Waals surface area contributed by atoms with Gasteiger partial charge in [0.1, 0.15) is 11.2 Å². The first-order valence-electron chi connectivity index (χ1n) is 12.4. The van der Waals surface area contributed by atoms with E-state index in [4.69, 9.17) is 19.2 Å². The Morgan fingerprint density at radius 1 is 0.600 bits per heavy atom. The highest BCUT2D eigenvalue weighted by Crippen LogP contribution is 2.76. The number of hydrogen-bond acceptors (Lipinski definition) is 6. The van der Waals surface area contributed by atoms with Crippen molar-refractivity contribution < 1.29 is 29.5 Å². The molecule has 0 aromatic carbocycles. The first kappa shape index (κ1) is 19.2. The van der Waals surface area contributed by atoms with E-state index in [0.29, 0.717) is 36.9 Å². The van der Waals surface area contributed by atoms with E-state index in [1.54, 1.807) is 0 Å². The molecular formula is C24H36O6. The lowest BCUT2D eigenvalue weighted by Crippen LogP contribution is -2.86. The summed E-state index contributed by atoms with van der Waals surface area (Å²) in [6, 6.07) is 0. The van der Waals surface area contributed by atoms with E-state index in [1.807, 2.05) is 0 Å². The van der Waals surface area contributed by atoms with Crippen molar-refractivity contribution in [3.8, 4) is 0 Å². The van der Waals surface area contributed by atoms with E-state index in [1.165, 1.54) is 25.7 Å². The molecule has 2 spiro atoms. The average molecular weight is 421 g/mol. The van der Waals surface area contributed by atoms with Crippen LogP contribution < -0.4 is 0 Å². The fourth-order valence-corrected chi connectivity index (χ4v) is 10.5. The highest BCUT2D eigenvalue weighted by Gasteiger charge is 2.83. The molecule has 6 heteroatoms. The Balaban J connectivity index is 1.22. The van der Waals surface area contributed by atoms with E-state index in [9.17, 15) is 10.2 Å². The van der Waals surface area contributed by atoms with Crippen LogP contribution in [-0.4, -0.2) is 59.0 Å². The minimum absolute atomic E-state index is 0.0397. The fraction of sp³-hybridized carbons (Fsp3) is 1.00. The van der Waals surface area contributed by atoms with E-state index >= 15 is 0 Å². The van der Waals surface area contributed by atoms with Gasteiger partial charge in [-0.05, 0) is 99.7 Å². The van der Waals surface area contributed by atoms with Crippen molar-refractivity contribution in [2.75, 3.05) is 26.4 Å². The molecule has 8 saturated carbocycles. The molecule has 10 atom stereocenters. The van der Waals surface area contributed by atoms with Crippen molar-refractivity contribution in [2.24, 2.45) is 35.5 Å². The quantitative estimate of drug-likeness (QED) is 0.644. The lowest BCUT2D eigenvalue weighted by molar-refractivity contribution is -0.618. The van der Waals surface area contributed by atoms with Gasteiger partial charge in [-0.25, -0.2) is 9.78 Å². The molecule has 0 amide bonds. The summed E-state index contributed by atoms with van der Waals surface area (Å²) in [6.07, 6.45) is 11.6. The van der Waals surface area contributed by atoms with Gasteiger partial charge in [-0.15, -0.1) is 0 Å². The molecule has 9 aliphatic rings. The maximum atomic E-state index is 9.35. The first-order valence-corrected chi connectivity index (χ1v) is 12.4. The van der Waals surface area contributed by atoms with Crippen LogP contribution in [0.5, 0.6) is 0 Å². The highest BCUT2D eigenvalue weighted by molar-refractivity contribution is 5.29. The molecule has 168 valence electrons. The van der Waals surface area contributed by atoms with Gasteiger partial charge >= 0.3 is 0 Å². The summed E-state index contributed by atoms with van der Waals surface area (Å²) in [5.74, 6) is 3.55. The van der Waals surface area contributed by atoms with Crippen molar-refractivity contribution in [3.05, 3.63) is 0 Å². The molecule has 30 heavy (non-hydrogen) atoms. The van der Waals surface area contributed by atoms with Crippen LogP contribution in [0.1, 0.15) is 64.2 Å². The third-order valence-electron chi connectivity index (χ3n) is 10.6. The number of aliphatic hydroxyl groups is 2. The van der Waals surface area contributed by atoms with Crippen molar-refractivity contribution in [1.82, 2.24) is 0 Å². The summed E-state index contributed by atoms with van der Waals surface area (Å²) < 4.78 is 12.6. The Bertz CT molecular complexity index is 630. The molecular weight excluding hydrogens is 384 g/mol. The monoisotopic (exact) mass is 420 g/mol. The highest BCUT2D eigenvalue weighted by atomic mass is 17.3. The van der Waals surface area contributed by atoms with E-state index in [-0.39, 0.29) is 35.6 Å². The standard InChI is InChI=1S/C24H36O6/c25-1-3-27-21-9-15-5-17(11-21)23(18(6-15)12-21)24(30-29-23)19-7-16-8-20(24)14-22(10-16,13-19)28-4-2-26/h15-20,25-26H,1-14H2/t15?,16?,17-,18+,19-,20+,21?,22?,23?,24?. The molecule has 8 bridgehead atoms. The Hall–Kier alpha value is -0.240. The third-order valence-corrected chi connectivity index (χ3v) is 10.6. The van der Waals surface area contributed by atoms with Crippen molar-refractivity contribution in [2.45, 2.75) is 86.6 Å². The van der Waals surface area contributed by atoms with Crippen LogP contribution >= 0.6 is 0 Å². The van der Waals surface area contributed by atoms with Crippen molar-refractivity contribution in [3.63, 3.8) is 0 Å². The molecule has 6 unspecified atom stereocenters. The number of rotatable bonds is 6. The van der Waals surface area contributed by atoms with Gasteiger partial charge in [-0.1, -0.05) is 0 Å². The van der Waals surface area contributed by atoms with Crippen molar-refractivity contribution >= 4 is 0 Å². The van der Waals surface area contributed by atoms with Crippen LogP contribution in [0.25, 0.3) is 0 Å². The summed E-state index contributed by atoms with van der Waals surface area (Å²) >= 11 is 0. The summed E-state index contributed by atoms with van der Waals surface area (Å²) in [4.78, 5) is 12.7. The van der Waals surface area contributed by atoms with Gasteiger partial charge < -0.3 is 19.7 Å². The SMILES string of the molecule is OCCOC12CC3C[C@H](C1)C1(OOC14[C@@H]1CC5C[C@H]4CC(OCCO)(C5)C1)[C@@H](C3)C2. The van der Waals surface area contributed by atoms with Gasteiger partial charge in [0.2, 0.25) is 0 Å². The zero-order valence-corrected chi connectivity index (χ0v) is 17.9. The lowest BCUT2D eigenvalue weighted by atomic mass is 9.36. The van der Waals surface area contributed by atoms with Crippen LogP contribution in [0.4, 0.5) is 0 Å². The summed E-state index contributed by atoms with van der Waals surface area (Å²) in [6.45, 7) is 1.13. The molecule has 0 aromatic heterocycles. The predicted molar refractivity (Wildman–Crippen MR) is 106 cm³/mol. The minimum Gasteiger partial charge on any atom is -0.394 e. The van der Waals surface area contributed by atoms with E-state index in [0.717, 1.165) is 50.4 Å². The minimum atomic E-state index is -0.128. The van der Waals surface area contributed by atoms with Gasteiger partial charge in [0.05, 0.1) is 37.6 Å². The third kappa shape index (κ3) is 2.17. The van der Waals surface area contributed by atoms with Gasteiger partial charge in [-0.2, -0.15) is 0 Å². The normalized spacial score (nSPS) is 59.4. The van der Waals surface area contributed by atoms with Crippen LogP contribution in [0.2, 0.25) is 0 Å². The molecule has 1 aliphatic heterocycles. The van der Waals surface area contributed by atoms with Gasteiger partial charge in [-0.3, -0.25) is 0 Å². The molecule has 1 heterocycles. The summed E-state index contributed by atoms with van der Waals surface area (Å²) in [5.41, 5.74) is -0.336. The molecule has 0 aromatic rings. The predicted octanol–water partition coefficient (Wildman–Crippen LogP) is 2.60. The fourth-order valence-electron chi connectivity index (χ4n) is 10.5. The second-order valence-corrected chi connectivity index (χ2v) is 12.0. The second-order valence-electron chi connectivity index (χ2n) is 12.0. The molecule has 1 saturated heterocycles. The second kappa shape index (κ2) is 6.21. The van der Waals surface area contributed by atoms with Crippen LogP contribution in [0.15, 0.2) is 0 Å². The largest absolute Gasteiger partial charge is 0.394 e. The van der Waals surface area contributed by atoms with Crippen molar-refractivity contribution in [1.29, 1.82) is 0 Å². The Morgan fingerprint density at radius 3 is 1.27 bits per heavy atom. The van der Waals surface area contributed by atoms with Crippen LogP contribution in [0, 0.1) is 35.5 Å². The molecule has 0 radical (unpaired) electrons. The van der Waals surface area contributed by atoms with Crippen LogP contribution in [0.3, 0.4) is 0 Å². The lowest BCUT2D eigenvalue weighted by Gasteiger charge is -2.78. The van der Waals surface area contributed by atoms with Gasteiger partial charge in [0, 0.05) is 0 Å². The molecule has 9 rings (SSSR count).